The van der Waals surface area contributed by atoms with Crippen LogP contribution in [0.15, 0.2) is 9.42 Å². The minimum Gasteiger partial charge on any atom is -0.360 e. The van der Waals surface area contributed by atoms with Crippen molar-refractivity contribution in [1.82, 2.24) is 9.46 Å². The first-order valence-electron chi connectivity index (χ1n) is 6.43. The Balaban J connectivity index is 2.41. The quantitative estimate of drug-likeness (QED) is 0.846. The second kappa shape index (κ2) is 5.01. The van der Waals surface area contributed by atoms with Gasteiger partial charge in [-0.15, -0.1) is 0 Å². The highest BCUT2D eigenvalue weighted by atomic mass is 32.2. The van der Waals surface area contributed by atoms with Crippen molar-refractivity contribution in [3.63, 3.8) is 0 Å². The number of nitrogens with zero attached hydrogens (tertiary/aromatic N) is 2. The second-order valence-electron chi connectivity index (χ2n) is 4.83. The van der Waals surface area contributed by atoms with Crippen LogP contribution in [0, 0.1) is 13.8 Å². The smallest absolute Gasteiger partial charge is 0.248 e. The third-order valence-electron chi connectivity index (χ3n) is 3.58. The molecule has 0 unspecified atom stereocenters. The molecule has 102 valence electrons. The zero-order valence-electron chi connectivity index (χ0n) is 11.1. The number of sulfonamides is 1. The molecule has 5 nitrogen and oxygen atoms in total. The summed E-state index contributed by atoms with van der Waals surface area (Å²) < 4.78 is 32.0. The summed E-state index contributed by atoms with van der Waals surface area (Å²) in [7, 11) is -3.46. The van der Waals surface area contributed by atoms with Crippen molar-refractivity contribution >= 4 is 10.0 Å². The van der Waals surface area contributed by atoms with Gasteiger partial charge in [-0.2, -0.15) is 4.31 Å². The molecule has 1 fully saturated rings. The number of hydrogen-bond donors (Lipinski definition) is 0. The van der Waals surface area contributed by atoms with Crippen molar-refractivity contribution in [3.8, 4) is 0 Å². The molecule has 0 aromatic carbocycles. The predicted octanol–water partition coefficient (Wildman–Crippen LogP) is 2.24. The van der Waals surface area contributed by atoms with Crippen LogP contribution in [-0.4, -0.2) is 30.5 Å². The molecular weight excluding hydrogens is 252 g/mol. The van der Waals surface area contributed by atoms with E-state index >= 15 is 0 Å². The molecule has 18 heavy (non-hydrogen) atoms. The lowest BCUT2D eigenvalue weighted by Gasteiger charge is -2.33. The summed E-state index contributed by atoms with van der Waals surface area (Å²) in [5.41, 5.74) is 0.452. The summed E-state index contributed by atoms with van der Waals surface area (Å²) in [6.45, 7) is 5.96. The van der Waals surface area contributed by atoms with Crippen molar-refractivity contribution in [3.05, 3.63) is 11.5 Å². The summed E-state index contributed by atoms with van der Waals surface area (Å²) in [6.07, 6.45) is 3.83. The van der Waals surface area contributed by atoms with Crippen LogP contribution in [0.5, 0.6) is 0 Å². The van der Waals surface area contributed by atoms with Gasteiger partial charge in [0, 0.05) is 12.6 Å². The van der Waals surface area contributed by atoms with Gasteiger partial charge < -0.3 is 4.52 Å². The highest BCUT2D eigenvalue weighted by Crippen LogP contribution is 2.29. The minimum absolute atomic E-state index is 0.109. The van der Waals surface area contributed by atoms with Gasteiger partial charge in [0.1, 0.15) is 10.6 Å². The fourth-order valence-electron chi connectivity index (χ4n) is 2.66. The zero-order valence-corrected chi connectivity index (χ0v) is 12.0. The summed E-state index contributed by atoms with van der Waals surface area (Å²) in [6, 6.07) is 0.109. The van der Waals surface area contributed by atoms with Gasteiger partial charge in [-0.3, -0.25) is 0 Å². The molecule has 2 rings (SSSR count). The van der Waals surface area contributed by atoms with Gasteiger partial charge in [-0.1, -0.05) is 18.5 Å². The molecule has 0 amide bonds. The Kier molecular flexibility index (Phi) is 3.77. The highest BCUT2D eigenvalue weighted by molar-refractivity contribution is 7.89. The summed E-state index contributed by atoms with van der Waals surface area (Å²) in [5.74, 6) is 0.382. The largest absolute Gasteiger partial charge is 0.360 e. The molecule has 6 heteroatoms. The van der Waals surface area contributed by atoms with E-state index in [1.54, 1.807) is 18.2 Å². The first-order valence-corrected chi connectivity index (χ1v) is 7.87. The standard InChI is InChI=1S/C12H20N2O3S/c1-4-11-7-5-6-8-14(11)18(15,16)12-9(2)13-17-10(12)3/h11H,4-8H2,1-3H3/t11-/m1/s1. The Hall–Kier alpha value is -0.880. The van der Waals surface area contributed by atoms with E-state index in [2.05, 4.69) is 5.16 Å². The Bertz CT molecular complexity index is 502. The topological polar surface area (TPSA) is 63.4 Å². The van der Waals surface area contributed by atoms with Crippen molar-refractivity contribution in [2.45, 2.75) is 57.4 Å². The Morgan fingerprint density at radius 3 is 2.67 bits per heavy atom. The van der Waals surface area contributed by atoms with Gasteiger partial charge >= 0.3 is 0 Å². The van der Waals surface area contributed by atoms with Gasteiger partial charge in [-0.25, -0.2) is 8.42 Å². The second-order valence-corrected chi connectivity index (χ2v) is 6.65. The molecule has 2 heterocycles. The van der Waals surface area contributed by atoms with Crippen LogP contribution >= 0.6 is 0 Å². The summed E-state index contributed by atoms with van der Waals surface area (Å²) in [5, 5.41) is 3.75. The number of rotatable bonds is 3. The van der Waals surface area contributed by atoms with Crippen LogP contribution in [-0.2, 0) is 10.0 Å². The summed E-state index contributed by atoms with van der Waals surface area (Å²) >= 11 is 0. The molecule has 1 atom stereocenters. The van der Waals surface area contributed by atoms with E-state index in [1.807, 2.05) is 6.92 Å². The average Bonchev–Trinajstić information content (AvgIpc) is 2.69. The van der Waals surface area contributed by atoms with Crippen LogP contribution in [0.2, 0.25) is 0 Å². The van der Waals surface area contributed by atoms with Crippen LogP contribution in [0.4, 0.5) is 0 Å². The van der Waals surface area contributed by atoms with Crippen LogP contribution in [0.25, 0.3) is 0 Å². The lowest BCUT2D eigenvalue weighted by molar-refractivity contribution is 0.246. The summed E-state index contributed by atoms with van der Waals surface area (Å²) in [4.78, 5) is 0.253. The SMILES string of the molecule is CC[C@@H]1CCCCN1S(=O)(=O)c1c(C)noc1C. The third-order valence-corrected chi connectivity index (χ3v) is 5.78. The van der Waals surface area contributed by atoms with E-state index in [4.69, 9.17) is 4.52 Å². The lowest BCUT2D eigenvalue weighted by Crippen LogP contribution is -2.43. The molecule has 1 aliphatic rings. The fraction of sp³-hybridized carbons (Fsp3) is 0.750. The number of aromatic nitrogens is 1. The van der Waals surface area contributed by atoms with Crippen molar-refractivity contribution in [2.75, 3.05) is 6.54 Å². The van der Waals surface area contributed by atoms with Crippen LogP contribution < -0.4 is 0 Å². The molecule has 0 saturated carbocycles. The monoisotopic (exact) mass is 272 g/mol. The average molecular weight is 272 g/mol. The van der Waals surface area contributed by atoms with Gasteiger partial charge in [0.15, 0.2) is 5.76 Å². The minimum atomic E-state index is -3.46. The third kappa shape index (κ3) is 2.19. The Morgan fingerprint density at radius 2 is 2.11 bits per heavy atom. The van der Waals surface area contributed by atoms with Crippen molar-refractivity contribution in [1.29, 1.82) is 0 Å². The lowest BCUT2D eigenvalue weighted by atomic mass is 10.0. The maximum Gasteiger partial charge on any atom is 0.248 e. The zero-order chi connectivity index (χ0) is 13.3. The molecule has 1 aliphatic heterocycles. The molecule has 0 spiro atoms. The highest BCUT2D eigenvalue weighted by Gasteiger charge is 2.36. The number of hydrogen-bond acceptors (Lipinski definition) is 4. The molecule has 0 N–H and O–H groups in total. The normalized spacial score (nSPS) is 22.3. The molecule has 1 aromatic rings. The Labute approximate surface area is 108 Å². The van der Waals surface area contributed by atoms with E-state index in [9.17, 15) is 8.42 Å². The van der Waals surface area contributed by atoms with Gasteiger partial charge in [0.05, 0.1) is 0 Å². The van der Waals surface area contributed by atoms with Crippen LogP contribution in [0.3, 0.4) is 0 Å². The molecular formula is C12H20N2O3S. The first kappa shape index (κ1) is 13.5. The predicted molar refractivity (Wildman–Crippen MR) is 67.8 cm³/mol. The maximum absolute atomic E-state index is 12.7. The van der Waals surface area contributed by atoms with Gasteiger partial charge in [-0.05, 0) is 33.1 Å². The van der Waals surface area contributed by atoms with Gasteiger partial charge in [0.25, 0.3) is 0 Å². The molecule has 0 radical (unpaired) electrons. The van der Waals surface area contributed by atoms with E-state index in [0.29, 0.717) is 18.0 Å². The van der Waals surface area contributed by atoms with Crippen molar-refractivity contribution < 1.29 is 12.9 Å². The molecule has 0 aliphatic carbocycles. The van der Waals surface area contributed by atoms with E-state index in [1.165, 1.54) is 0 Å². The van der Waals surface area contributed by atoms with Crippen molar-refractivity contribution in [2.24, 2.45) is 0 Å². The Morgan fingerprint density at radius 1 is 1.39 bits per heavy atom. The maximum atomic E-state index is 12.7. The molecule has 1 aromatic heterocycles. The van der Waals surface area contributed by atoms with E-state index in [0.717, 1.165) is 25.7 Å². The van der Waals surface area contributed by atoms with E-state index < -0.39 is 10.0 Å². The molecule has 0 bridgehead atoms. The fourth-order valence-corrected chi connectivity index (χ4v) is 4.72. The number of piperidine rings is 1. The first-order chi connectivity index (χ1) is 8.48. The molecule has 1 saturated heterocycles. The number of aryl methyl sites for hydroxylation is 2. The van der Waals surface area contributed by atoms with E-state index in [-0.39, 0.29) is 10.9 Å². The van der Waals surface area contributed by atoms with Gasteiger partial charge in [0.2, 0.25) is 10.0 Å². The van der Waals surface area contributed by atoms with Crippen LogP contribution in [0.1, 0.15) is 44.1 Å².